The van der Waals surface area contributed by atoms with Crippen molar-refractivity contribution in [2.45, 2.75) is 6.92 Å². The highest BCUT2D eigenvalue weighted by molar-refractivity contribution is 6.06. The Balaban J connectivity index is 1.08. The van der Waals surface area contributed by atoms with Crippen molar-refractivity contribution < 1.29 is 24.2 Å². The molecule has 2 heterocycles. The van der Waals surface area contributed by atoms with E-state index in [2.05, 4.69) is 25.4 Å². The Bertz CT molecular complexity index is 1480. The summed E-state index contributed by atoms with van der Waals surface area (Å²) < 4.78 is 10.9. The molecule has 5 rings (SSSR count). The molecule has 0 radical (unpaired) electrons. The molecule has 3 aromatic carbocycles. The molecule has 1 aliphatic heterocycles. The van der Waals surface area contributed by atoms with E-state index >= 15 is 0 Å². The summed E-state index contributed by atoms with van der Waals surface area (Å²) in [5.41, 5.74) is 3.53. The smallest absolute Gasteiger partial charge is 0.411 e. The Hall–Kier alpha value is -4.70. The number of para-hydroxylation sites is 2. The van der Waals surface area contributed by atoms with Crippen LogP contribution < -0.4 is 20.3 Å². The van der Waals surface area contributed by atoms with E-state index < -0.39 is 6.09 Å². The van der Waals surface area contributed by atoms with Crippen molar-refractivity contribution in [3.8, 4) is 11.5 Å². The fourth-order valence-corrected chi connectivity index (χ4v) is 4.72. The summed E-state index contributed by atoms with van der Waals surface area (Å²) in [6.45, 7) is 6.63. The average Bonchev–Trinajstić information content (AvgIpc) is 3.38. The predicted octanol–water partition coefficient (Wildman–Crippen LogP) is 4.90. The predicted molar refractivity (Wildman–Crippen MR) is 156 cm³/mol. The highest BCUT2D eigenvalue weighted by atomic mass is 16.5. The Morgan fingerprint density at radius 3 is 2.60 bits per heavy atom. The number of anilines is 3. The number of phenols is 1. The van der Waals surface area contributed by atoms with Crippen LogP contribution in [0.2, 0.25) is 0 Å². The van der Waals surface area contributed by atoms with Gasteiger partial charge in [0.25, 0.3) is 5.91 Å². The lowest BCUT2D eigenvalue weighted by Crippen LogP contribution is -2.47. The molecule has 10 nitrogen and oxygen atoms in total. The first kappa shape index (κ1) is 26.9. The van der Waals surface area contributed by atoms with Crippen molar-refractivity contribution in [1.29, 1.82) is 0 Å². The summed E-state index contributed by atoms with van der Waals surface area (Å²) in [7, 11) is 0. The van der Waals surface area contributed by atoms with Gasteiger partial charge in [-0.05, 0) is 61.5 Å². The van der Waals surface area contributed by atoms with Gasteiger partial charge in [0, 0.05) is 55.0 Å². The number of phenolic OH excluding ortho intramolecular Hbond substituents is 1. The van der Waals surface area contributed by atoms with Crippen LogP contribution in [0.3, 0.4) is 0 Å². The topological polar surface area (TPSA) is 119 Å². The number of amides is 2. The van der Waals surface area contributed by atoms with Gasteiger partial charge in [0.15, 0.2) is 0 Å². The molecule has 1 saturated heterocycles. The first-order valence-electron chi connectivity index (χ1n) is 13.3. The van der Waals surface area contributed by atoms with E-state index in [1.165, 1.54) is 0 Å². The van der Waals surface area contributed by atoms with Crippen molar-refractivity contribution >= 4 is 40.0 Å². The minimum absolute atomic E-state index is 0.156. The second kappa shape index (κ2) is 12.4. The Kier molecular flexibility index (Phi) is 8.36. The van der Waals surface area contributed by atoms with E-state index in [1.807, 2.05) is 43.3 Å². The van der Waals surface area contributed by atoms with Gasteiger partial charge in [-0.25, -0.2) is 4.79 Å². The number of piperazine rings is 1. The molecule has 0 unspecified atom stereocenters. The zero-order chi connectivity index (χ0) is 27.9. The van der Waals surface area contributed by atoms with Gasteiger partial charge in [0.2, 0.25) is 0 Å². The molecule has 0 aliphatic carbocycles. The molecule has 0 bridgehead atoms. The molecule has 0 saturated carbocycles. The van der Waals surface area contributed by atoms with Crippen LogP contribution in [0.1, 0.15) is 17.4 Å². The van der Waals surface area contributed by atoms with Gasteiger partial charge in [0.05, 0.1) is 12.3 Å². The quantitative estimate of drug-likeness (QED) is 0.237. The second-order valence-electron chi connectivity index (χ2n) is 9.48. The van der Waals surface area contributed by atoms with Gasteiger partial charge in [-0.2, -0.15) is 0 Å². The van der Waals surface area contributed by atoms with Gasteiger partial charge >= 0.3 is 6.09 Å². The van der Waals surface area contributed by atoms with Gasteiger partial charge in [-0.15, -0.1) is 0 Å². The third-order valence-electron chi connectivity index (χ3n) is 6.75. The molecule has 2 amide bonds. The Morgan fingerprint density at radius 1 is 0.950 bits per heavy atom. The number of aromatic amines is 1. The van der Waals surface area contributed by atoms with Crippen molar-refractivity contribution in [3.63, 3.8) is 0 Å². The number of benzene rings is 3. The molecule has 208 valence electrons. The van der Waals surface area contributed by atoms with Gasteiger partial charge < -0.3 is 29.8 Å². The molecule has 1 aromatic heterocycles. The summed E-state index contributed by atoms with van der Waals surface area (Å²) in [5.74, 6) is 0.521. The number of fused-ring (bicyclic) bond motifs is 1. The number of ether oxygens (including phenoxy) is 2. The SMILES string of the molecule is CCOc1ccccc1NC(=O)OCCN1CCN(c2cccc(NC(=O)c3cc4cc(O)ccc4[nH]3)c2)CC1. The van der Waals surface area contributed by atoms with Crippen molar-refractivity contribution in [1.82, 2.24) is 9.88 Å². The van der Waals surface area contributed by atoms with Gasteiger partial charge in [-0.1, -0.05) is 18.2 Å². The lowest BCUT2D eigenvalue weighted by Gasteiger charge is -2.36. The third-order valence-corrected chi connectivity index (χ3v) is 6.75. The van der Waals surface area contributed by atoms with Crippen LogP contribution in [0.5, 0.6) is 11.5 Å². The minimum Gasteiger partial charge on any atom is -0.508 e. The maximum atomic E-state index is 12.8. The standard InChI is InChI=1S/C30H33N5O5/c1-2-39-28-9-4-3-8-26(28)33-30(38)40-17-16-34-12-14-35(15-13-34)23-7-5-6-22(20-23)31-29(37)27-19-21-18-24(36)10-11-25(21)32-27/h3-11,18-20,32,36H,2,12-17H2,1H3,(H,31,37)(H,33,38). The van der Waals surface area contributed by atoms with Crippen molar-refractivity contribution in [2.24, 2.45) is 0 Å². The van der Waals surface area contributed by atoms with Crippen LogP contribution in [-0.2, 0) is 4.74 Å². The lowest BCUT2D eigenvalue weighted by atomic mass is 10.2. The average molecular weight is 544 g/mol. The largest absolute Gasteiger partial charge is 0.508 e. The molecule has 0 spiro atoms. The van der Waals surface area contributed by atoms with E-state index in [0.29, 0.717) is 36.0 Å². The number of nitrogens with one attached hydrogen (secondary N) is 3. The molecule has 1 aliphatic rings. The summed E-state index contributed by atoms with van der Waals surface area (Å²) in [6.07, 6.45) is -0.504. The summed E-state index contributed by atoms with van der Waals surface area (Å²) >= 11 is 0. The van der Waals surface area contributed by atoms with E-state index in [0.717, 1.165) is 42.8 Å². The minimum atomic E-state index is -0.504. The zero-order valence-corrected chi connectivity index (χ0v) is 22.4. The van der Waals surface area contributed by atoms with Crippen LogP contribution in [0, 0.1) is 0 Å². The molecule has 4 aromatic rings. The van der Waals surface area contributed by atoms with Crippen LogP contribution in [0.15, 0.2) is 72.8 Å². The number of carbonyl (C=O) groups excluding carboxylic acids is 2. The zero-order valence-electron chi connectivity index (χ0n) is 22.4. The first-order chi connectivity index (χ1) is 19.5. The number of nitrogens with zero attached hydrogens (tertiary/aromatic N) is 2. The van der Waals surface area contributed by atoms with E-state index in [1.54, 1.807) is 36.4 Å². The van der Waals surface area contributed by atoms with Crippen LogP contribution in [-0.4, -0.2) is 72.9 Å². The maximum Gasteiger partial charge on any atom is 0.411 e. The highest BCUT2D eigenvalue weighted by Crippen LogP contribution is 2.25. The molecule has 10 heteroatoms. The fraction of sp³-hybridized carbons (Fsp3) is 0.267. The Morgan fingerprint density at radius 2 is 1.77 bits per heavy atom. The Labute approximate surface area is 232 Å². The van der Waals surface area contributed by atoms with E-state index in [9.17, 15) is 14.7 Å². The molecule has 40 heavy (non-hydrogen) atoms. The molecule has 4 N–H and O–H groups in total. The number of carbonyl (C=O) groups is 2. The number of H-pyrrole nitrogens is 1. The summed E-state index contributed by atoms with van der Waals surface area (Å²) in [4.78, 5) is 32.7. The molecular formula is C30H33N5O5. The third kappa shape index (κ3) is 6.65. The van der Waals surface area contributed by atoms with Crippen LogP contribution in [0.25, 0.3) is 10.9 Å². The fourth-order valence-electron chi connectivity index (χ4n) is 4.72. The van der Waals surface area contributed by atoms with Gasteiger partial charge in [-0.3, -0.25) is 15.0 Å². The van der Waals surface area contributed by atoms with Crippen molar-refractivity contribution in [2.75, 3.05) is 61.5 Å². The van der Waals surface area contributed by atoms with Crippen molar-refractivity contribution in [3.05, 3.63) is 78.5 Å². The monoisotopic (exact) mass is 543 g/mol. The normalized spacial score (nSPS) is 13.7. The molecular weight excluding hydrogens is 510 g/mol. The second-order valence-corrected chi connectivity index (χ2v) is 9.48. The number of aromatic nitrogens is 1. The number of hydrogen-bond donors (Lipinski definition) is 4. The number of hydrogen-bond acceptors (Lipinski definition) is 7. The first-order valence-corrected chi connectivity index (χ1v) is 13.3. The number of rotatable bonds is 9. The molecule has 0 atom stereocenters. The summed E-state index contributed by atoms with van der Waals surface area (Å²) in [5, 5.41) is 16.1. The maximum absolute atomic E-state index is 12.8. The van der Waals surface area contributed by atoms with Crippen LogP contribution in [0.4, 0.5) is 21.9 Å². The van der Waals surface area contributed by atoms with Gasteiger partial charge in [0.1, 0.15) is 23.8 Å². The number of aromatic hydroxyl groups is 1. The van der Waals surface area contributed by atoms with Crippen LogP contribution >= 0.6 is 0 Å². The van der Waals surface area contributed by atoms with E-state index in [-0.39, 0.29) is 18.3 Å². The molecule has 1 fully saturated rings. The highest BCUT2D eigenvalue weighted by Gasteiger charge is 2.18. The van der Waals surface area contributed by atoms with E-state index in [4.69, 9.17) is 9.47 Å². The lowest BCUT2D eigenvalue weighted by molar-refractivity contribution is 0.102. The summed E-state index contributed by atoms with van der Waals surface area (Å²) in [6, 6.07) is 21.7.